The van der Waals surface area contributed by atoms with Crippen molar-refractivity contribution < 1.29 is 0 Å². The first kappa shape index (κ1) is 19.5. The molecule has 29 heavy (non-hydrogen) atoms. The summed E-state index contributed by atoms with van der Waals surface area (Å²) in [4.78, 5) is 11.7. The molecule has 0 amide bonds. The van der Waals surface area contributed by atoms with Crippen LogP contribution in [0.3, 0.4) is 0 Å². The number of thioether (sulfide) groups is 1. The second-order valence-electron chi connectivity index (χ2n) is 7.36. The molecule has 5 heteroatoms. The number of hydrogen-bond donors (Lipinski definition) is 0. The van der Waals surface area contributed by atoms with Crippen LogP contribution in [-0.2, 0) is 6.42 Å². The first-order chi connectivity index (χ1) is 14.3. The molecule has 1 fully saturated rings. The van der Waals surface area contributed by atoms with Crippen molar-refractivity contribution in [2.75, 3.05) is 24.2 Å². The molecular weight excluding hydrogens is 376 g/mol. The average molecular weight is 401 g/mol. The fourth-order valence-electron chi connectivity index (χ4n) is 3.95. The molecule has 0 bridgehead atoms. The zero-order valence-electron chi connectivity index (χ0n) is 16.6. The van der Waals surface area contributed by atoms with Crippen LogP contribution in [0.15, 0.2) is 65.8 Å². The van der Waals surface area contributed by atoms with E-state index in [0.717, 1.165) is 49.4 Å². The first-order valence-corrected chi connectivity index (χ1v) is 11.2. The van der Waals surface area contributed by atoms with E-state index in [-0.39, 0.29) is 0 Å². The standard InChI is InChI=1S/C24H24N4S/c1-29-24-26-22(20-10-6-3-7-11-20)21(17-25)23(27-24)28-14-12-19(13-15-28)16-18-8-4-2-5-9-18/h2-11,19H,12-16H2,1H3. The van der Waals surface area contributed by atoms with E-state index < -0.39 is 0 Å². The van der Waals surface area contributed by atoms with Crippen LogP contribution in [0.4, 0.5) is 5.82 Å². The van der Waals surface area contributed by atoms with Crippen LogP contribution in [0.5, 0.6) is 0 Å². The van der Waals surface area contributed by atoms with Gasteiger partial charge in [-0.3, -0.25) is 0 Å². The number of piperidine rings is 1. The lowest BCUT2D eigenvalue weighted by molar-refractivity contribution is 0.401. The molecule has 146 valence electrons. The molecule has 0 aliphatic carbocycles. The maximum absolute atomic E-state index is 9.94. The highest BCUT2D eigenvalue weighted by molar-refractivity contribution is 7.98. The van der Waals surface area contributed by atoms with Crippen LogP contribution in [0.25, 0.3) is 11.3 Å². The third-order valence-corrected chi connectivity index (χ3v) is 6.04. The second-order valence-corrected chi connectivity index (χ2v) is 8.13. The quantitative estimate of drug-likeness (QED) is 0.435. The van der Waals surface area contributed by atoms with Gasteiger partial charge < -0.3 is 4.90 Å². The van der Waals surface area contributed by atoms with Crippen LogP contribution in [0, 0.1) is 17.2 Å². The maximum atomic E-state index is 9.94. The summed E-state index contributed by atoms with van der Waals surface area (Å²) in [5, 5.41) is 10.7. The molecule has 4 rings (SSSR count). The topological polar surface area (TPSA) is 52.8 Å². The summed E-state index contributed by atoms with van der Waals surface area (Å²) in [6.45, 7) is 1.84. The zero-order valence-corrected chi connectivity index (χ0v) is 17.4. The number of hydrogen-bond acceptors (Lipinski definition) is 5. The largest absolute Gasteiger partial charge is 0.355 e. The molecule has 2 aromatic carbocycles. The molecule has 3 aromatic rings. The molecule has 0 spiro atoms. The molecule has 0 atom stereocenters. The number of rotatable bonds is 5. The van der Waals surface area contributed by atoms with Crippen LogP contribution in [-0.4, -0.2) is 29.3 Å². The molecule has 0 radical (unpaired) electrons. The van der Waals surface area contributed by atoms with E-state index in [1.807, 2.05) is 36.6 Å². The predicted molar refractivity (Wildman–Crippen MR) is 119 cm³/mol. The summed E-state index contributed by atoms with van der Waals surface area (Å²) in [7, 11) is 0. The zero-order chi connectivity index (χ0) is 20.1. The van der Waals surface area contributed by atoms with E-state index in [0.29, 0.717) is 16.6 Å². The van der Waals surface area contributed by atoms with E-state index in [4.69, 9.17) is 4.98 Å². The second kappa shape index (κ2) is 9.11. The number of nitrogens with zero attached hydrogens (tertiary/aromatic N) is 4. The Morgan fingerprint density at radius 3 is 2.28 bits per heavy atom. The molecule has 4 nitrogen and oxygen atoms in total. The van der Waals surface area contributed by atoms with Gasteiger partial charge >= 0.3 is 0 Å². The molecule has 1 saturated heterocycles. The normalized spacial score (nSPS) is 14.6. The fraction of sp³-hybridized carbons (Fsp3) is 0.292. The molecule has 1 aliphatic heterocycles. The Balaban J connectivity index is 1.58. The van der Waals surface area contributed by atoms with Crippen molar-refractivity contribution in [1.29, 1.82) is 5.26 Å². The third-order valence-electron chi connectivity index (χ3n) is 5.49. The summed E-state index contributed by atoms with van der Waals surface area (Å²) in [5.74, 6) is 1.46. The van der Waals surface area contributed by atoms with Crippen LogP contribution < -0.4 is 4.90 Å². The summed E-state index contributed by atoms with van der Waals surface area (Å²) >= 11 is 1.52. The van der Waals surface area contributed by atoms with E-state index in [1.165, 1.54) is 17.3 Å². The lowest BCUT2D eigenvalue weighted by atomic mass is 9.90. The lowest BCUT2D eigenvalue weighted by Crippen LogP contribution is -2.35. The Hall–Kier alpha value is -2.84. The Morgan fingerprint density at radius 1 is 1.00 bits per heavy atom. The van der Waals surface area contributed by atoms with Crippen LogP contribution in [0.2, 0.25) is 0 Å². The van der Waals surface area contributed by atoms with E-state index in [9.17, 15) is 5.26 Å². The number of anilines is 1. The van der Waals surface area contributed by atoms with Crippen molar-refractivity contribution >= 4 is 17.6 Å². The predicted octanol–water partition coefficient (Wildman–Crippen LogP) is 5.20. The first-order valence-electron chi connectivity index (χ1n) is 9.99. The fourth-order valence-corrected chi connectivity index (χ4v) is 4.31. The summed E-state index contributed by atoms with van der Waals surface area (Å²) in [6, 6.07) is 23.0. The third kappa shape index (κ3) is 4.44. The molecular formula is C24H24N4S. The van der Waals surface area contributed by atoms with E-state index >= 15 is 0 Å². The SMILES string of the molecule is CSc1nc(-c2ccccc2)c(C#N)c(N2CCC(Cc3ccccc3)CC2)n1. The lowest BCUT2D eigenvalue weighted by Gasteiger charge is -2.33. The van der Waals surface area contributed by atoms with Crippen LogP contribution in [0.1, 0.15) is 24.0 Å². The van der Waals surface area contributed by atoms with Gasteiger partial charge in [-0.25, -0.2) is 9.97 Å². The van der Waals surface area contributed by atoms with Crippen molar-refractivity contribution in [1.82, 2.24) is 9.97 Å². The smallest absolute Gasteiger partial charge is 0.189 e. The maximum Gasteiger partial charge on any atom is 0.189 e. The van der Waals surface area contributed by atoms with Crippen molar-refractivity contribution in [3.8, 4) is 17.3 Å². The van der Waals surface area contributed by atoms with Gasteiger partial charge in [0.1, 0.15) is 11.6 Å². The van der Waals surface area contributed by atoms with E-state index in [1.54, 1.807) is 0 Å². The number of benzene rings is 2. The van der Waals surface area contributed by atoms with Gasteiger partial charge in [0.25, 0.3) is 0 Å². The molecule has 1 aromatic heterocycles. The molecule has 0 saturated carbocycles. The van der Waals surface area contributed by atoms with Crippen molar-refractivity contribution in [3.05, 3.63) is 71.8 Å². The minimum absolute atomic E-state index is 0.579. The van der Waals surface area contributed by atoms with Crippen molar-refractivity contribution in [2.24, 2.45) is 5.92 Å². The highest BCUT2D eigenvalue weighted by atomic mass is 32.2. The Labute approximate surface area is 176 Å². The van der Waals surface area contributed by atoms with Gasteiger partial charge in [-0.1, -0.05) is 72.4 Å². The minimum Gasteiger partial charge on any atom is -0.355 e. The molecule has 0 N–H and O–H groups in total. The average Bonchev–Trinajstić information content (AvgIpc) is 2.80. The number of aromatic nitrogens is 2. The summed E-state index contributed by atoms with van der Waals surface area (Å²) < 4.78 is 0. The Bertz CT molecular complexity index is 991. The van der Waals surface area contributed by atoms with E-state index in [2.05, 4.69) is 46.3 Å². The van der Waals surface area contributed by atoms with Gasteiger partial charge in [0, 0.05) is 18.7 Å². The Kier molecular flexibility index (Phi) is 6.12. The highest BCUT2D eigenvalue weighted by Crippen LogP contribution is 2.33. The summed E-state index contributed by atoms with van der Waals surface area (Å²) in [6.07, 6.45) is 5.32. The molecule has 1 aliphatic rings. The van der Waals surface area contributed by atoms with Gasteiger partial charge in [-0.05, 0) is 37.0 Å². The van der Waals surface area contributed by atoms with Crippen molar-refractivity contribution in [2.45, 2.75) is 24.4 Å². The van der Waals surface area contributed by atoms with Gasteiger partial charge in [0.05, 0.1) is 5.69 Å². The van der Waals surface area contributed by atoms with Crippen molar-refractivity contribution in [3.63, 3.8) is 0 Å². The minimum atomic E-state index is 0.579. The van der Waals surface area contributed by atoms with Gasteiger partial charge in [-0.2, -0.15) is 5.26 Å². The molecule has 0 unspecified atom stereocenters. The van der Waals surface area contributed by atoms with Gasteiger partial charge in [-0.15, -0.1) is 0 Å². The Morgan fingerprint density at radius 2 is 1.66 bits per heavy atom. The van der Waals surface area contributed by atoms with Gasteiger partial charge in [0.2, 0.25) is 0 Å². The van der Waals surface area contributed by atoms with Crippen LogP contribution >= 0.6 is 11.8 Å². The summed E-state index contributed by atoms with van der Waals surface area (Å²) in [5.41, 5.74) is 3.67. The number of nitriles is 1. The molecule has 2 heterocycles. The highest BCUT2D eigenvalue weighted by Gasteiger charge is 2.25. The van der Waals surface area contributed by atoms with Gasteiger partial charge in [0.15, 0.2) is 11.0 Å². The monoisotopic (exact) mass is 400 g/mol.